The van der Waals surface area contributed by atoms with E-state index in [1.807, 2.05) is 0 Å². The maximum absolute atomic E-state index is 5.91. The Kier molecular flexibility index (Phi) is 6.33. The van der Waals surface area contributed by atoms with Gasteiger partial charge in [0.05, 0.1) is 6.61 Å². The summed E-state index contributed by atoms with van der Waals surface area (Å²) in [5.41, 5.74) is 1.34. The Morgan fingerprint density at radius 3 is 2.32 bits per heavy atom. The van der Waals surface area contributed by atoms with Gasteiger partial charge in [-0.25, -0.2) is 0 Å². The van der Waals surface area contributed by atoms with Crippen molar-refractivity contribution in [1.82, 2.24) is 9.47 Å². The van der Waals surface area contributed by atoms with Crippen LogP contribution in [0.5, 0.6) is 5.75 Å². The third-order valence-electron chi connectivity index (χ3n) is 5.91. The first-order chi connectivity index (χ1) is 13.8. The highest BCUT2D eigenvalue weighted by molar-refractivity contribution is 5.82. The van der Waals surface area contributed by atoms with Crippen LogP contribution in [0.2, 0.25) is 0 Å². The molecule has 0 aliphatic carbocycles. The Morgan fingerprint density at radius 2 is 1.61 bits per heavy atom. The average molecular weight is 377 g/mol. The zero-order chi connectivity index (χ0) is 19.2. The van der Waals surface area contributed by atoms with Gasteiger partial charge in [-0.1, -0.05) is 49.4 Å². The Hall–Kier alpha value is -2.26. The summed E-state index contributed by atoms with van der Waals surface area (Å²) in [6.45, 7) is 7.66. The van der Waals surface area contributed by atoms with Gasteiger partial charge >= 0.3 is 0 Å². The molecule has 0 atom stereocenters. The van der Waals surface area contributed by atoms with Crippen molar-refractivity contribution >= 4 is 10.8 Å². The Balaban J connectivity index is 1.25. The molecule has 1 aliphatic rings. The summed E-state index contributed by atoms with van der Waals surface area (Å²) in [7, 11) is 0. The number of fused-ring (bicyclic) bond motifs is 1. The van der Waals surface area contributed by atoms with E-state index in [1.54, 1.807) is 0 Å². The zero-order valence-electron chi connectivity index (χ0n) is 17.0. The van der Waals surface area contributed by atoms with E-state index < -0.39 is 0 Å². The summed E-state index contributed by atoms with van der Waals surface area (Å²) in [6, 6.07) is 17.2. The van der Waals surface area contributed by atoms with E-state index >= 15 is 0 Å². The molecule has 0 amide bonds. The molecule has 0 saturated carbocycles. The van der Waals surface area contributed by atoms with Crippen molar-refractivity contribution in [2.45, 2.75) is 39.2 Å². The zero-order valence-corrected chi connectivity index (χ0v) is 17.0. The van der Waals surface area contributed by atoms with Gasteiger partial charge in [-0.3, -0.25) is 0 Å². The number of aromatic nitrogens is 1. The highest BCUT2D eigenvalue weighted by Gasteiger charge is 2.19. The van der Waals surface area contributed by atoms with E-state index in [4.69, 9.17) is 4.74 Å². The standard InChI is InChI=1S/C25H32N2O/c1-2-17-28-25-10-6-5-7-22(25)13-16-26-14-11-21(12-15-26)18-27-19-23-8-3-4-9-24(23)20-27/h3-10,19-21H,2,11-18H2,1H3. The number of nitrogens with zero attached hydrogens (tertiary/aromatic N) is 2. The first-order valence-corrected chi connectivity index (χ1v) is 10.8. The van der Waals surface area contributed by atoms with Crippen LogP contribution in [-0.4, -0.2) is 35.7 Å². The molecular formula is C25H32N2O. The van der Waals surface area contributed by atoms with Crippen molar-refractivity contribution in [2.24, 2.45) is 5.92 Å². The van der Waals surface area contributed by atoms with Crippen molar-refractivity contribution in [3.63, 3.8) is 0 Å². The van der Waals surface area contributed by atoms with Crippen molar-refractivity contribution in [1.29, 1.82) is 0 Å². The van der Waals surface area contributed by atoms with E-state index in [0.717, 1.165) is 44.2 Å². The summed E-state index contributed by atoms with van der Waals surface area (Å²) in [5.74, 6) is 1.86. The van der Waals surface area contributed by atoms with E-state index in [1.165, 1.54) is 42.3 Å². The molecule has 0 radical (unpaired) electrons. The van der Waals surface area contributed by atoms with Crippen molar-refractivity contribution in [3.05, 3.63) is 66.5 Å². The number of rotatable bonds is 8. The average Bonchev–Trinajstić information content (AvgIpc) is 3.14. The first kappa shape index (κ1) is 19.1. The minimum atomic E-state index is 0.790. The second-order valence-corrected chi connectivity index (χ2v) is 8.08. The maximum atomic E-state index is 5.91. The third kappa shape index (κ3) is 4.77. The van der Waals surface area contributed by atoms with Crippen LogP contribution in [0.3, 0.4) is 0 Å². The second-order valence-electron chi connectivity index (χ2n) is 8.08. The second kappa shape index (κ2) is 9.29. The lowest BCUT2D eigenvalue weighted by atomic mass is 9.96. The fourth-order valence-electron chi connectivity index (χ4n) is 4.28. The van der Waals surface area contributed by atoms with E-state index in [2.05, 4.69) is 77.3 Å². The van der Waals surface area contributed by atoms with Crippen LogP contribution in [-0.2, 0) is 13.0 Å². The SMILES string of the molecule is CCCOc1ccccc1CCN1CCC(Cn2cc3ccccc3c2)CC1. The van der Waals surface area contributed by atoms with Crippen LogP contribution in [0.15, 0.2) is 60.9 Å². The van der Waals surface area contributed by atoms with Crippen LogP contribution in [0, 0.1) is 5.92 Å². The smallest absolute Gasteiger partial charge is 0.122 e. The largest absolute Gasteiger partial charge is 0.493 e. The molecule has 1 aromatic heterocycles. The number of hydrogen-bond acceptors (Lipinski definition) is 2. The number of para-hydroxylation sites is 1. The normalized spacial score (nSPS) is 15.9. The molecule has 4 rings (SSSR count). The molecule has 0 N–H and O–H groups in total. The predicted molar refractivity (Wildman–Crippen MR) is 117 cm³/mol. The first-order valence-electron chi connectivity index (χ1n) is 10.8. The van der Waals surface area contributed by atoms with Gasteiger partial charge in [0.25, 0.3) is 0 Å². The quantitative estimate of drug-likeness (QED) is 0.525. The van der Waals surface area contributed by atoms with Crippen molar-refractivity contribution < 1.29 is 4.74 Å². The lowest BCUT2D eigenvalue weighted by molar-refractivity contribution is 0.175. The van der Waals surface area contributed by atoms with Gasteiger partial charge in [0, 0.05) is 25.5 Å². The van der Waals surface area contributed by atoms with E-state index in [-0.39, 0.29) is 0 Å². The Labute approximate surface area is 168 Å². The molecule has 0 spiro atoms. The highest BCUT2D eigenvalue weighted by atomic mass is 16.5. The molecular weight excluding hydrogens is 344 g/mol. The fraction of sp³-hybridized carbons (Fsp3) is 0.440. The van der Waals surface area contributed by atoms with Crippen LogP contribution in [0.25, 0.3) is 10.8 Å². The van der Waals surface area contributed by atoms with Crippen LogP contribution >= 0.6 is 0 Å². The molecule has 0 unspecified atom stereocenters. The van der Waals surface area contributed by atoms with Crippen LogP contribution < -0.4 is 4.74 Å². The summed E-state index contributed by atoms with van der Waals surface area (Å²) in [5, 5.41) is 2.70. The molecule has 2 heterocycles. The van der Waals surface area contributed by atoms with Crippen LogP contribution in [0.1, 0.15) is 31.7 Å². The lowest BCUT2D eigenvalue weighted by Crippen LogP contribution is -2.36. The number of hydrogen-bond donors (Lipinski definition) is 0. The third-order valence-corrected chi connectivity index (χ3v) is 5.91. The van der Waals surface area contributed by atoms with Gasteiger partial charge in [-0.2, -0.15) is 0 Å². The molecule has 0 bridgehead atoms. The van der Waals surface area contributed by atoms with Gasteiger partial charge in [0.1, 0.15) is 5.75 Å². The minimum Gasteiger partial charge on any atom is -0.493 e. The number of ether oxygens (including phenoxy) is 1. The Morgan fingerprint density at radius 1 is 0.929 bits per heavy atom. The molecule has 2 aromatic carbocycles. The molecule has 1 saturated heterocycles. The monoisotopic (exact) mass is 376 g/mol. The van der Waals surface area contributed by atoms with Crippen molar-refractivity contribution in [2.75, 3.05) is 26.2 Å². The lowest BCUT2D eigenvalue weighted by Gasteiger charge is -2.32. The molecule has 1 aliphatic heterocycles. The molecule has 1 fully saturated rings. The topological polar surface area (TPSA) is 17.4 Å². The maximum Gasteiger partial charge on any atom is 0.122 e. The van der Waals surface area contributed by atoms with Gasteiger partial charge in [0.2, 0.25) is 0 Å². The van der Waals surface area contributed by atoms with Gasteiger partial charge < -0.3 is 14.2 Å². The van der Waals surface area contributed by atoms with Gasteiger partial charge in [-0.05, 0) is 67.1 Å². The number of benzene rings is 2. The van der Waals surface area contributed by atoms with Crippen LogP contribution in [0.4, 0.5) is 0 Å². The molecule has 148 valence electrons. The van der Waals surface area contributed by atoms with E-state index in [0.29, 0.717) is 0 Å². The Bertz CT molecular complexity index is 844. The summed E-state index contributed by atoms with van der Waals surface area (Å²) < 4.78 is 8.31. The number of likely N-dealkylation sites (tertiary alicyclic amines) is 1. The molecule has 3 nitrogen and oxygen atoms in total. The molecule has 28 heavy (non-hydrogen) atoms. The highest BCUT2D eigenvalue weighted by Crippen LogP contribution is 2.23. The van der Waals surface area contributed by atoms with Gasteiger partial charge in [-0.15, -0.1) is 0 Å². The summed E-state index contributed by atoms with van der Waals surface area (Å²) >= 11 is 0. The minimum absolute atomic E-state index is 0.790. The summed E-state index contributed by atoms with van der Waals surface area (Å²) in [6.07, 6.45) is 9.32. The van der Waals surface area contributed by atoms with Gasteiger partial charge in [0.15, 0.2) is 0 Å². The number of piperidine rings is 1. The molecule has 3 heteroatoms. The van der Waals surface area contributed by atoms with E-state index in [9.17, 15) is 0 Å². The fourth-order valence-corrected chi connectivity index (χ4v) is 4.28. The molecule has 3 aromatic rings. The summed E-state index contributed by atoms with van der Waals surface area (Å²) in [4.78, 5) is 2.62. The van der Waals surface area contributed by atoms with Crippen molar-refractivity contribution in [3.8, 4) is 5.75 Å². The predicted octanol–water partition coefficient (Wildman–Crippen LogP) is 5.38.